The molecule has 1 aliphatic rings. The predicted octanol–water partition coefficient (Wildman–Crippen LogP) is 5.22. The van der Waals surface area contributed by atoms with E-state index in [9.17, 15) is 4.79 Å². The summed E-state index contributed by atoms with van der Waals surface area (Å²) in [5.41, 5.74) is 3.19. The summed E-state index contributed by atoms with van der Waals surface area (Å²) in [7, 11) is 1.74. The lowest BCUT2D eigenvalue weighted by molar-refractivity contribution is 0.216. The van der Waals surface area contributed by atoms with Gasteiger partial charge in [-0.05, 0) is 91.7 Å². The zero-order valence-electron chi connectivity index (χ0n) is 21.2. The van der Waals surface area contributed by atoms with E-state index in [0.717, 1.165) is 49.1 Å². The molecule has 37 heavy (non-hydrogen) atoms. The standard InChI is InChI=1S/C29H31N7O/c1-20-8-13-31-25(18-20)33-26-19-23-9-15-35(2)29(37)27(23)28(34-26)32-24-6-4-21(5-7-24)22-10-16-36(17-11-22)14-3-12-30/h4-9,13,15,18-19,22H,3,10-11,14,16-17H2,1-2H3,(H2,31,32,33,34). The molecular weight excluding hydrogens is 462 g/mol. The number of benzene rings is 1. The lowest BCUT2D eigenvalue weighted by Gasteiger charge is -2.31. The molecule has 1 aliphatic heterocycles. The molecule has 3 aromatic heterocycles. The minimum atomic E-state index is -0.104. The van der Waals surface area contributed by atoms with Crippen molar-refractivity contribution in [1.29, 1.82) is 5.26 Å². The van der Waals surface area contributed by atoms with Crippen LogP contribution in [-0.2, 0) is 7.05 Å². The lowest BCUT2D eigenvalue weighted by atomic mass is 9.89. The smallest absolute Gasteiger partial charge is 0.261 e. The van der Waals surface area contributed by atoms with Crippen molar-refractivity contribution in [2.45, 2.75) is 32.1 Å². The van der Waals surface area contributed by atoms with Gasteiger partial charge in [-0.15, -0.1) is 0 Å². The maximum atomic E-state index is 13.0. The Morgan fingerprint density at radius 2 is 1.84 bits per heavy atom. The summed E-state index contributed by atoms with van der Waals surface area (Å²) in [6.07, 6.45) is 6.31. The second kappa shape index (κ2) is 10.8. The van der Waals surface area contributed by atoms with Gasteiger partial charge < -0.3 is 20.1 Å². The number of hydrogen-bond donors (Lipinski definition) is 2. The molecule has 0 atom stereocenters. The molecule has 0 bridgehead atoms. The van der Waals surface area contributed by atoms with Crippen LogP contribution in [0.1, 0.15) is 36.3 Å². The topological polar surface area (TPSA) is 98.9 Å². The first-order valence-corrected chi connectivity index (χ1v) is 12.7. The van der Waals surface area contributed by atoms with Gasteiger partial charge in [0.25, 0.3) is 5.56 Å². The van der Waals surface area contributed by atoms with E-state index in [1.54, 1.807) is 24.0 Å². The zero-order chi connectivity index (χ0) is 25.8. The first-order chi connectivity index (χ1) is 18.0. The Morgan fingerprint density at radius 3 is 2.57 bits per heavy atom. The van der Waals surface area contributed by atoms with E-state index in [0.29, 0.717) is 35.2 Å². The number of aryl methyl sites for hydroxylation is 2. The molecular formula is C29H31N7O. The van der Waals surface area contributed by atoms with Crippen molar-refractivity contribution in [1.82, 2.24) is 19.4 Å². The third-order valence-corrected chi connectivity index (χ3v) is 7.01. The number of aromatic nitrogens is 3. The number of likely N-dealkylation sites (tertiary alicyclic amines) is 1. The number of nitrogens with zero attached hydrogens (tertiary/aromatic N) is 5. The molecule has 8 heteroatoms. The number of hydrogen-bond acceptors (Lipinski definition) is 7. The first-order valence-electron chi connectivity index (χ1n) is 12.7. The van der Waals surface area contributed by atoms with Crippen LogP contribution in [0.2, 0.25) is 0 Å². The van der Waals surface area contributed by atoms with Gasteiger partial charge in [-0.2, -0.15) is 5.26 Å². The van der Waals surface area contributed by atoms with Crippen molar-refractivity contribution in [3.05, 3.63) is 82.4 Å². The van der Waals surface area contributed by atoms with Crippen LogP contribution in [0.15, 0.2) is 65.7 Å². The SMILES string of the molecule is Cc1ccnc(Nc2cc3ccn(C)c(=O)c3c(Nc3ccc(C4CCN(CCC#N)CC4)cc3)n2)c1. The molecule has 8 nitrogen and oxygen atoms in total. The Labute approximate surface area is 216 Å². The van der Waals surface area contributed by atoms with E-state index < -0.39 is 0 Å². The van der Waals surface area contributed by atoms with E-state index in [1.165, 1.54) is 5.56 Å². The number of pyridine rings is 3. The van der Waals surface area contributed by atoms with Gasteiger partial charge in [-0.25, -0.2) is 9.97 Å². The molecule has 0 aliphatic carbocycles. The minimum Gasteiger partial charge on any atom is -0.339 e. The van der Waals surface area contributed by atoms with Crippen molar-refractivity contribution >= 4 is 33.9 Å². The zero-order valence-corrected chi connectivity index (χ0v) is 21.2. The summed E-state index contributed by atoms with van der Waals surface area (Å²) in [6, 6.07) is 18.4. The highest BCUT2D eigenvalue weighted by atomic mass is 16.1. The van der Waals surface area contributed by atoms with E-state index in [1.807, 2.05) is 31.2 Å². The van der Waals surface area contributed by atoms with Crippen molar-refractivity contribution in [2.24, 2.45) is 7.05 Å². The van der Waals surface area contributed by atoms with Crippen LogP contribution < -0.4 is 16.2 Å². The van der Waals surface area contributed by atoms with E-state index in [4.69, 9.17) is 10.2 Å². The highest BCUT2D eigenvalue weighted by molar-refractivity contribution is 5.94. The van der Waals surface area contributed by atoms with Crippen molar-refractivity contribution in [3.63, 3.8) is 0 Å². The third-order valence-electron chi connectivity index (χ3n) is 7.01. The molecule has 2 N–H and O–H groups in total. The van der Waals surface area contributed by atoms with Gasteiger partial charge in [0.05, 0.1) is 11.5 Å². The maximum absolute atomic E-state index is 13.0. The van der Waals surface area contributed by atoms with Crippen LogP contribution in [0.5, 0.6) is 0 Å². The summed E-state index contributed by atoms with van der Waals surface area (Å²) in [5, 5.41) is 16.8. The molecule has 4 heterocycles. The van der Waals surface area contributed by atoms with Gasteiger partial charge in [-0.3, -0.25) is 4.79 Å². The summed E-state index contributed by atoms with van der Waals surface area (Å²) in [6.45, 7) is 4.93. The van der Waals surface area contributed by atoms with Gasteiger partial charge in [0, 0.05) is 38.1 Å². The average Bonchev–Trinajstić information content (AvgIpc) is 2.90. The monoisotopic (exact) mass is 493 g/mol. The van der Waals surface area contributed by atoms with Crippen molar-refractivity contribution in [2.75, 3.05) is 30.3 Å². The number of anilines is 4. The number of rotatable bonds is 7. The Hall–Kier alpha value is -4.22. The second-order valence-corrected chi connectivity index (χ2v) is 9.67. The fourth-order valence-electron chi connectivity index (χ4n) is 4.92. The molecule has 0 saturated carbocycles. The summed E-state index contributed by atoms with van der Waals surface area (Å²) < 4.78 is 1.57. The normalized spacial score (nSPS) is 14.4. The van der Waals surface area contributed by atoms with Gasteiger partial charge >= 0.3 is 0 Å². The van der Waals surface area contributed by atoms with Crippen LogP contribution in [-0.4, -0.2) is 39.1 Å². The highest BCUT2D eigenvalue weighted by Gasteiger charge is 2.20. The summed E-state index contributed by atoms with van der Waals surface area (Å²) in [4.78, 5) is 24.6. The van der Waals surface area contributed by atoms with Gasteiger partial charge in [0.15, 0.2) is 0 Å². The summed E-state index contributed by atoms with van der Waals surface area (Å²) in [5.74, 6) is 2.34. The molecule has 0 unspecified atom stereocenters. The molecule has 1 saturated heterocycles. The summed E-state index contributed by atoms with van der Waals surface area (Å²) >= 11 is 0. The Morgan fingerprint density at radius 1 is 1.05 bits per heavy atom. The molecule has 0 radical (unpaired) electrons. The van der Waals surface area contributed by atoms with Crippen molar-refractivity contribution < 1.29 is 0 Å². The molecule has 4 aromatic rings. The molecule has 0 spiro atoms. The number of fused-ring (bicyclic) bond motifs is 1. The molecule has 0 amide bonds. The van der Waals surface area contributed by atoms with E-state index in [2.05, 4.69) is 50.9 Å². The fraction of sp³-hybridized carbons (Fsp3) is 0.310. The average molecular weight is 494 g/mol. The van der Waals surface area contributed by atoms with Crippen LogP contribution in [0.4, 0.5) is 23.1 Å². The maximum Gasteiger partial charge on any atom is 0.261 e. The molecule has 1 fully saturated rings. The predicted molar refractivity (Wildman–Crippen MR) is 148 cm³/mol. The Bertz CT molecular complexity index is 1500. The lowest BCUT2D eigenvalue weighted by Crippen LogP contribution is -2.33. The third kappa shape index (κ3) is 5.63. The number of nitriles is 1. The van der Waals surface area contributed by atoms with Gasteiger partial charge in [0.2, 0.25) is 0 Å². The number of piperidine rings is 1. The molecule has 188 valence electrons. The van der Waals surface area contributed by atoms with E-state index in [-0.39, 0.29) is 5.56 Å². The van der Waals surface area contributed by atoms with Crippen LogP contribution >= 0.6 is 0 Å². The van der Waals surface area contributed by atoms with Crippen LogP contribution in [0.3, 0.4) is 0 Å². The van der Waals surface area contributed by atoms with Crippen molar-refractivity contribution in [3.8, 4) is 6.07 Å². The van der Waals surface area contributed by atoms with Gasteiger partial charge in [-0.1, -0.05) is 12.1 Å². The second-order valence-electron chi connectivity index (χ2n) is 9.67. The molecule has 1 aromatic carbocycles. The molecule has 5 rings (SSSR count). The van der Waals surface area contributed by atoms with E-state index >= 15 is 0 Å². The minimum absolute atomic E-state index is 0.104. The van der Waals surface area contributed by atoms with Crippen LogP contribution in [0, 0.1) is 18.3 Å². The fourth-order valence-corrected chi connectivity index (χ4v) is 4.92. The van der Waals surface area contributed by atoms with Gasteiger partial charge in [0.1, 0.15) is 17.5 Å². The largest absolute Gasteiger partial charge is 0.339 e. The first kappa shape index (κ1) is 24.5. The highest BCUT2D eigenvalue weighted by Crippen LogP contribution is 2.31. The Kier molecular flexibility index (Phi) is 7.15. The quantitative estimate of drug-likeness (QED) is 0.364. The number of nitrogens with one attached hydrogen (secondary N) is 2. The Balaban J connectivity index is 1.38. The van der Waals surface area contributed by atoms with Crippen LogP contribution in [0.25, 0.3) is 10.8 Å².